The molecule has 264 valence electrons. The zero-order valence-electron chi connectivity index (χ0n) is 28.9. The maximum atomic E-state index is 13.2. The number of amides is 2. The van der Waals surface area contributed by atoms with Crippen molar-refractivity contribution in [2.75, 3.05) is 26.4 Å². The molecule has 0 aliphatic heterocycles. The average Bonchev–Trinajstić information content (AvgIpc) is 3.02. The zero-order chi connectivity index (χ0) is 34.6. The summed E-state index contributed by atoms with van der Waals surface area (Å²) >= 11 is 0. The predicted molar refractivity (Wildman–Crippen MR) is 178 cm³/mol. The van der Waals surface area contributed by atoms with Gasteiger partial charge in [-0.3, -0.25) is 0 Å². The summed E-state index contributed by atoms with van der Waals surface area (Å²) in [6, 6.07) is -2.43. The van der Waals surface area contributed by atoms with Crippen LogP contribution >= 0.6 is 0 Å². The standard InChI is InChI=1S/C35H60N2O9/c1-7-9-11-13-14-15-16-17-18-19-20-22-24-43-33(40)29(37-35(42)36-23-21-12-10-8-2)30(46-32(39)28(5)6)34(41)45-26-25-44-31(38)27(3)4/h29-30H,3,5,7-26H2,1-2,4,6H3,(H2,36,37,42)/t29-,30?/m0/s1. The third-order valence-electron chi connectivity index (χ3n) is 7.13. The van der Waals surface area contributed by atoms with Gasteiger partial charge in [-0.1, -0.05) is 117 Å². The van der Waals surface area contributed by atoms with Crippen LogP contribution in [0.4, 0.5) is 4.79 Å². The van der Waals surface area contributed by atoms with Gasteiger partial charge in [0.15, 0.2) is 6.04 Å². The van der Waals surface area contributed by atoms with Crippen molar-refractivity contribution in [3.05, 3.63) is 24.3 Å². The summed E-state index contributed by atoms with van der Waals surface area (Å²) in [5.74, 6) is -3.71. The van der Waals surface area contributed by atoms with Crippen LogP contribution in [0.25, 0.3) is 0 Å². The summed E-state index contributed by atoms with van der Waals surface area (Å²) in [5, 5.41) is 5.08. The maximum absolute atomic E-state index is 13.2. The van der Waals surface area contributed by atoms with E-state index < -0.39 is 42.1 Å². The SMILES string of the molecule is C=C(C)C(=O)OCCOC(=O)C(OC(=O)C(=C)C)[C@H](NC(=O)NCCCCCC)C(=O)OCCCCCCCCCCCCCC. The highest BCUT2D eigenvalue weighted by Gasteiger charge is 2.41. The van der Waals surface area contributed by atoms with Crippen LogP contribution in [0.15, 0.2) is 24.3 Å². The molecule has 0 saturated heterocycles. The Morgan fingerprint density at radius 3 is 1.54 bits per heavy atom. The molecule has 11 nitrogen and oxygen atoms in total. The van der Waals surface area contributed by atoms with Crippen LogP contribution in [0.5, 0.6) is 0 Å². The van der Waals surface area contributed by atoms with Crippen molar-refractivity contribution < 1.29 is 42.9 Å². The van der Waals surface area contributed by atoms with Crippen LogP contribution in [0, 0.1) is 0 Å². The van der Waals surface area contributed by atoms with Crippen molar-refractivity contribution in [2.45, 2.75) is 143 Å². The Morgan fingerprint density at radius 2 is 1.02 bits per heavy atom. The van der Waals surface area contributed by atoms with Crippen molar-refractivity contribution >= 4 is 29.9 Å². The van der Waals surface area contributed by atoms with Gasteiger partial charge in [-0.25, -0.2) is 24.0 Å². The first-order valence-corrected chi connectivity index (χ1v) is 17.1. The second-order valence-electron chi connectivity index (χ2n) is 11.7. The van der Waals surface area contributed by atoms with E-state index in [1.165, 1.54) is 65.2 Å². The molecule has 0 fully saturated rings. The molecule has 0 aliphatic rings. The van der Waals surface area contributed by atoms with E-state index in [1.807, 2.05) is 0 Å². The Kier molecular flexibility index (Phi) is 25.9. The summed E-state index contributed by atoms with van der Waals surface area (Å²) in [5.41, 5.74) is 0.137. The Hall–Kier alpha value is -3.37. The zero-order valence-corrected chi connectivity index (χ0v) is 28.9. The molecule has 0 bridgehead atoms. The lowest BCUT2D eigenvalue weighted by Gasteiger charge is -2.25. The number of hydrogen-bond acceptors (Lipinski definition) is 9. The molecule has 0 aromatic rings. The van der Waals surface area contributed by atoms with E-state index in [1.54, 1.807) is 0 Å². The Bertz CT molecular complexity index is 935. The molecule has 0 aromatic heterocycles. The minimum Gasteiger partial charge on any atom is -0.464 e. The monoisotopic (exact) mass is 652 g/mol. The summed E-state index contributed by atoms with van der Waals surface area (Å²) in [4.78, 5) is 63.1. The molecule has 0 spiro atoms. The van der Waals surface area contributed by atoms with Gasteiger partial charge >= 0.3 is 29.9 Å². The van der Waals surface area contributed by atoms with Gasteiger partial charge in [0.05, 0.1) is 6.61 Å². The Balaban J connectivity index is 5.20. The van der Waals surface area contributed by atoms with Crippen LogP contribution < -0.4 is 10.6 Å². The van der Waals surface area contributed by atoms with E-state index in [9.17, 15) is 24.0 Å². The van der Waals surface area contributed by atoms with E-state index in [2.05, 4.69) is 37.6 Å². The highest BCUT2D eigenvalue weighted by atomic mass is 16.6. The summed E-state index contributed by atoms with van der Waals surface area (Å²) in [7, 11) is 0. The number of unbranched alkanes of at least 4 members (excludes halogenated alkanes) is 14. The molecule has 0 aliphatic carbocycles. The first-order chi connectivity index (χ1) is 22.0. The highest BCUT2D eigenvalue weighted by molar-refractivity contribution is 5.94. The number of carbonyl (C=O) groups is 5. The third-order valence-corrected chi connectivity index (χ3v) is 7.13. The van der Waals surface area contributed by atoms with Gasteiger partial charge in [-0.05, 0) is 26.7 Å². The maximum Gasteiger partial charge on any atom is 0.350 e. The summed E-state index contributed by atoms with van der Waals surface area (Å²) < 4.78 is 20.8. The van der Waals surface area contributed by atoms with E-state index >= 15 is 0 Å². The fourth-order valence-electron chi connectivity index (χ4n) is 4.36. The lowest BCUT2D eigenvalue weighted by atomic mass is 10.1. The molecule has 0 aromatic carbocycles. The second-order valence-corrected chi connectivity index (χ2v) is 11.7. The van der Waals surface area contributed by atoms with E-state index in [4.69, 9.17) is 18.9 Å². The van der Waals surface area contributed by atoms with Gasteiger partial charge in [0.2, 0.25) is 6.10 Å². The minimum absolute atomic E-state index is 0.0304. The van der Waals surface area contributed by atoms with Gasteiger partial charge in [0.1, 0.15) is 13.2 Å². The van der Waals surface area contributed by atoms with Crippen LogP contribution in [-0.4, -0.2) is 68.4 Å². The number of ether oxygens (including phenoxy) is 4. The van der Waals surface area contributed by atoms with Gasteiger partial charge in [0, 0.05) is 17.7 Å². The molecular weight excluding hydrogens is 592 g/mol. The van der Waals surface area contributed by atoms with Crippen molar-refractivity contribution in [1.82, 2.24) is 10.6 Å². The topological polar surface area (TPSA) is 146 Å². The number of carbonyl (C=O) groups excluding carboxylic acids is 5. The predicted octanol–water partition coefficient (Wildman–Crippen LogP) is 6.63. The minimum atomic E-state index is -1.87. The molecule has 2 amide bonds. The number of hydrogen-bond donors (Lipinski definition) is 2. The number of urea groups is 1. The Labute approximate surface area is 276 Å². The fourth-order valence-corrected chi connectivity index (χ4v) is 4.36. The smallest absolute Gasteiger partial charge is 0.350 e. The molecule has 2 N–H and O–H groups in total. The second kappa shape index (κ2) is 27.9. The Morgan fingerprint density at radius 1 is 0.565 bits per heavy atom. The lowest BCUT2D eigenvalue weighted by molar-refractivity contribution is -0.173. The molecule has 0 radical (unpaired) electrons. The van der Waals surface area contributed by atoms with Crippen LogP contribution in [0.2, 0.25) is 0 Å². The quantitative estimate of drug-likeness (QED) is 0.0411. The first kappa shape index (κ1) is 42.6. The first-order valence-electron chi connectivity index (χ1n) is 17.1. The molecule has 2 atom stereocenters. The number of esters is 4. The van der Waals surface area contributed by atoms with Crippen molar-refractivity contribution in [2.24, 2.45) is 0 Å². The average molecular weight is 653 g/mol. The normalized spacial score (nSPS) is 11.9. The molecular formula is C35H60N2O9. The summed E-state index contributed by atoms with van der Waals surface area (Å²) in [6.07, 6.45) is 15.6. The van der Waals surface area contributed by atoms with Crippen LogP contribution in [0.1, 0.15) is 130 Å². The molecule has 46 heavy (non-hydrogen) atoms. The van der Waals surface area contributed by atoms with Gasteiger partial charge in [0.25, 0.3) is 0 Å². The fraction of sp³-hybridized carbons (Fsp3) is 0.743. The van der Waals surface area contributed by atoms with Crippen molar-refractivity contribution in [3.8, 4) is 0 Å². The number of nitrogens with one attached hydrogen (secondary N) is 2. The van der Waals surface area contributed by atoms with Crippen LogP contribution in [0.3, 0.4) is 0 Å². The molecule has 1 unspecified atom stereocenters. The van der Waals surface area contributed by atoms with Gasteiger partial charge < -0.3 is 29.6 Å². The number of rotatable bonds is 28. The van der Waals surface area contributed by atoms with E-state index in [0.717, 1.165) is 44.9 Å². The van der Waals surface area contributed by atoms with Gasteiger partial charge in [-0.15, -0.1) is 0 Å². The third kappa shape index (κ3) is 22.2. The molecule has 11 heteroatoms. The largest absolute Gasteiger partial charge is 0.464 e. The molecule has 0 rings (SSSR count). The summed E-state index contributed by atoms with van der Waals surface area (Å²) in [6.45, 7) is 13.9. The van der Waals surface area contributed by atoms with E-state index in [0.29, 0.717) is 13.0 Å². The highest BCUT2D eigenvalue weighted by Crippen LogP contribution is 2.13. The molecule has 0 heterocycles. The van der Waals surface area contributed by atoms with Crippen molar-refractivity contribution in [1.29, 1.82) is 0 Å². The van der Waals surface area contributed by atoms with Crippen LogP contribution in [-0.2, 0) is 38.1 Å². The van der Waals surface area contributed by atoms with Gasteiger partial charge in [-0.2, -0.15) is 0 Å². The lowest BCUT2D eigenvalue weighted by Crippen LogP contribution is -2.56. The van der Waals surface area contributed by atoms with Crippen molar-refractivity contribution in [3.63, 3.8) is 0 Å². The molecule has 0 saturated carbocycles. The van der Waals surface area contributed by atoms with E-state index in [-0.39, 0.29) is 31.0 Å².